The van der Waals surface area contributed by atoms with Gasteiger partial charge >= 0.3 is 6.18 Å². The van der Waals surface area contributed by atoms with Crippen molar-refractivity contribution in [1.29, 1.82) is 0 Å². The summed E-state index contributed by atoms with van der Waals surface area (Å²) in [5.41, 5.74) is 1.23. The summed E-state index contributed by atoms with van der Waals surface area (Å²) in [6, 6.07) is 3.37. The number of rotatable bonds is 2. The lowest BCUT2D eigenvalue weighted by atomic mass is 10.3. The Balaban J connectivity index is 2.38. The highest BCUT2D eigenvalue weighted by Crippen LogP contribution is 2.30. The zero-order valence-electron chi connectivity index (χ0n) is 9.66. The van der Waals surface area contributed by atoms with Gasteiger partial charge in [0.05, 0.1) is 15.9 Å². The van der Waals surface area contributed by atoms with Gasteiger partial charge in [0.25, 0.3) is 0 Å². The van der Waals surface area contributed by atoms with Crippen molar-refractivity contribution in [3.05, 3.63) is 40.5 Å². The van der Waals surface area contributed by atoms with E-state index in [4.69, 9.17) is 0 Å². The van der Waals surface area contributed by atoms with Gasteiger partial charge in [-0.25, -0.2) is 9.97 Å². The van der Waals surface area contributed by atoms with Gasteiger partial charge in [-0.3, -0.25) is 4.98 Å². The van der Waals surface area contributed by atoms with Crippen molar-refractivity contribution in [2.75, 3.05) is 5.32 Å². The number of anilines is 2. The second kappa shape index (κ2) is 5.12. The quantitative estimate of drug-likeness (QED) is 0.910. The molecule has 0 unspecified atom stereocenters. The Hall–Kier alpha value is -1.70. The zero-order valence-corrected chi connectivity index (χ0v) is 11.2. The van der Waals surface area contributed by atoms with Crippen molar-refractivity contribution >= 4 is 27.4 Å². The summed E-state index contributed by atoms with van der Waals surface area (Å²) in [7, 11) is 0. The zero-order chi connectivity index (χ0) is 14.0. The smallest absolute Gasteiger partial charge is 0.338 e. The monoisotopic (exact) mass is 332 g/mol. The van der Waals surface area contributed by atoms with Crippen LogP contribution < -0.4 is 5.32 Å². The van der Waals surface area contributed by atoms with Crippen molar-refractivity contribution in [3.8, 4) is 0 Å². The van der Waals surface area contributed by atoms with Crippen LogP contribution in [0.5, 0.6) is 0 Å². The maximum atomic E-state index is 12.5. The summed E-state index contributed by atoms with van der Waals surface area (Å²) < 4.78 is 37.9. The van der Waals surface area contributed by atoms with Crippen LogP contribution in [0.1, 0.15) is 11.5 Å². The Bertz CT molecular complexity index is 601. The van der Waals surface area contributed by atoms with Gasteiger partial charge in [-0.2, -0.15) is 13.2 Å². The molecule has 0 fully saturated rings. The van der Waals surface area contributed by atoms with E-state index >= 15 is 0 Å². The first-order chi connectivity index (χ1) is 8.88. The Kier molecular flexibility index (Phi) is 3.70. The number of hydrogen-bond donors (Lipinski definition) is 1. The number of nitrogens with zero attached hydrogens (tertiary/aromatic N) is 3. The molecule has 0 radical (unpaired) electrons. The van der Waals surface area contributed by atoms with Crippen molar-refractivity contribution < 1.29 is 13.2 Å². The van der Waals surface area contributed by atoms with Crippen LogP contribution in [0.4, 0.5) is 24.7 Å². The van der Waals surface area contributed by atoms with Crippen LogP contribution in [0.2, 0.25) is 0 Å². The normalized spacial score (nSPS) is 11.4. The van der Waals surface area contributed by atoms with E-state index in [0.29, 0.717) is 15.9 Å². The fraction of sp³-hybridized carbons (Fsp3) is 0.182. The highest BCUT2D eigenvalue weighted by atomic mass is 79.9. The minimum atomic E-state index is -4.58. The summed E-state index contributed by atoms with van der Waals surface area (Å²) in [6.45, 7) is 1.74. The Labute approximate surface area is 115 Å². The van der Waals surface area contributed by atoms with Crippen LogP contribution in [0.25, 0.3) is 0 Å². The Morgan fingerprint density at radius 2 is 2.00 bits per heavy atom. The number of nitrogens with one attached hydrogen (secondary N) is 1. The lowest BCUT2D eigenvalue weighted by Gasteiger charge is -2.11. The first-order valence-corrected chi connectivity index (χ1v) is 5.95. The molecule has 2 heterocycles. The average molecular weight is 333 g/mol. The predicted octanol–water partition coefficient (Wildman–Crippen LogP) is 3.70. The number of halogens is 4. The molecule has 1 N–H and O–H groups in total. The lowest BCUT2D eigenvalue weighted by Crippen LogP contribution is -2.12. The van der Waals surface area contributed by atoms with Gasteiger partial charge in [0.15, 0.2) is 0 Å². The SMILES string of the molecule is Cc1ncccc1Nc1nc(C(F)(F)F)ncc1Br. The number of alkyl halides is 3. The number of aryl methyl sites for hydroxylation is 1. The first kappa shape index (κ1) is 13.7. The molecule has 2 rings (SSSR count). The third kappa shape index (κ3) is 3.19. The largest absolute Gasteiger partial charge is 0.451 e. The van der Waals surface area contributed by atoms with Crippen molar-refractivity contribution in [1.82, 2.24) is 15.0 Å². The molecule has 0 saturated heterocycles. The van der Waals surface area contributed by atoms with Crippen LogP contribution in [-0.4, -0.2) is 15.0 Å². The Morgan fingerprint density at radius 1 is 1.26 bits per heavy atom. The third-order valence-electron chi connectivity index (χ3n) is 2.26. The molecule has 0 bridgehead atoms. The molecular weight excluding hydrogens is 325 g/mol. The fourth-order valence-corrected chi connectivity index (χ4v) is 1.63. The number of pyridine rings is 1. The molecule has 0 saturated carbocycles. The van der Waals surface area contributed by atoms with Gasteiger partial charge in [0.1, 0.15) is 5.82 Å². The maximum absolute atomic E-state index is 12.5. The van der Waals surface area contributed by atoms with Gasteiger partial charge < -0.3 is 5.32 Å². The molecule has 19 heavy (non-hydrogen) atoms. The van der Waals surface area contributed by atoms with E-state index in [2.05, 4.69) is 36.2 Å². The fourth-order valence-electron chi connectivity index (χ4n) is 1.34. The van der Waals surface area contributed by atoms with Crippen LogP contribution in [0, 0.1) is 6.92 Å². The van der Waals surface area contributed by atoms with Gasteiger partial charge in [-0.05, 0) is 35.0 Å². The highest BCUT2D eigenvalue weighted by molar-refractivity contribution is 9.10. The molecule has 8 heteroatoms. The summed E-state index contributed by atoms with van der Waals surface area (Å²) >= 11 is 3.10. The second-order valence-electron chi connectivity index (χ2n) is 3.65. The van der Waals surface area contributed by atoms with Crippen LogP contribution in [-0.2, 0) is 6.18 Å². The van der Waals surface area contributed by atoms with E-state index in [0.717, 1.165) is 6.20 Å². The number of aromatic nitrogens is 3. The summed E-state index contributed by atoms with van der Waals surface area (Å²) in [5, 5.41) is 2.79. The minimum Gasteiger partial charge on any atom is -0.338 e. The molecule has 0 spiro atoms. The van der Waals surface area contributed by atoms with Crippen molar-refractivity contribution in [3.63, 3.8) is 0 Å². The topological polar surface area (TPSA) is 50.7 Å². The lowest BCUT2D eigenvalue weighted by molar-refractivity contribution is -0.144. The predicted molar refractivity (Wildman–Crippen MR) is 67.0 cm³/mol. The van der Waals surface area contributed by atoms with Gasteiger partial charge in [-0.15, -0.1) is 0 Å². The molecule has 0 atom stereocenters. The molecule has 0 aromatic carbocycles. The summed E-state index contributed by atoms with van der Waals surface area (Å²) in [4.78, 5) is 10.7. The number of hydrogen-bond acceptors (Lipinski definition) is 4. The molecule has 4 nitrogen and oxygen atoms in total. The van der Waals surface area contributed by atoms with Gasteiger partial charge in [0.2, 0.25) is 5.82 Å². The van der Waals surface area contributed by atoms with E-state index in [9.17, 15) is 13.2 Å². The van der Waals surface area contributed by atoms with Crippen LogP contribution in [0.15, 0.2) is 29.0 Å². The van der Waals surface area contributed by atoms with Crippen LogP contribution in [0.3, 0.4) is 0 Å². The Morgan fingerprint density at radius 3 is 2.63 bits per heavy atom. The minimum absolute atomic E-state index is 0.0402. The maximum Gasteiger partial charge on any atom is 0.451 e. The van der Waals surface area contributed by atoms with E-state index in [-0.39, 0.29) is 5.82 Å². The summed E-state index contributed by atoms with van der Waals surface area (Å²) in [6.07, 6.45) is -1.93. The molecule has 0 aliphatic rings. The van der Waals surface area contributed by atoms with Crippen LogP contribution >= 0.6 is 15.9 Å². The van der Waals surface area contributed by atoms with Gasteiger partial charge in [-0.1, -0.05) is 0 Å². The molecule has 0 aliphatic heterocycles. The molecule has 0 aliphatic carbocycles. The molecule has 100 valence electrons. The molecular formula is C11H8BrF3N4. The standard InChI is InChI=1S/C11H8BrF3N4/c1-6-8(3-2-4-16-6)18-9-7(12)5-17-10(19-9)11(13,14)15/h2-5H,1H3,(H,17,18,19). The van der Waals surface area contributed by atoms with Gasteiger partial charge in [0, 0.05) is 12.4 Å². The molecule has 2 aromatic rings. The van der Waals surface area contributed by atoms with Crippen molar-refractivity contribution in [2.45, 2.75) is 13.1 Å². The van der Waals surface area contributed by atoms with E-state index < -0.39 is 12.0 Å². The van der Waals surface area contributed by atoms with E-state index in [1.807, 2.05) is 0 Å². The third-order valence-corrected chi connectivity index (χ3v) is 2.84. The first-order valence-electron chi connectivity index (χ1n) is 5.16. The summed E-state index contributed by atoms with van der Waals surface area (Å²) in [5.74, 6) is -1.15. The van der Waals surface area contributed by atoms with Crippen molar-refractivity contribution in [2.24, 2.45) is 0 Å². The van der Waals surface area contributed by atoms with E-state index in [1.165, 1.54) is 0 Å². The molecule has 0 amide bonds. The highest BCUT2D eigenvalue weighted by Gasteiger charge is 2.35. The molecule has 2 aromatic heterocycles. The second-order valence-corrected chi connectivity index (χ2v) is 4.50. The average Bonchev–Trinajstić information content (AvgIpc) is 2.33. The van der Waals surface area contributed by atoms with E-state index in [1.54, 1.807) is 25.3 Å².